The monoisotopic (exact) mass is 266 g/mol. The molecule has 18 heavy (non-hydrogen) atoms. The van der Waals surface area contributed by atoms with E-state index in [2.05, 4.69) is 4.74 Å². The summed E-state index contributed by atoms with van der Waals surface area (Å²) in [5.41, 5.74) is -0.318. The van der Waals surface area contributed by atoms with Crippen LogP contribution in [0.2, 0.25) is 0 Å². The normalized spacial score (nSPS) is 11.8. The van der Waals surface area contributed by atoms with Gasteiger partial charge < -0.3 is 14.8 Å². The van der Waals surface area contributed by atoms with Crippen LogP contribution >= 0.6 is 0 Å². The summed E-state index contributed by atoms with van der Waals surface area (Å²) in [6, 6.07) is 1.94. The van der Waals surface area contributed by atoms with Crippen molar-refractivity contribution >= 4 is 12.6 Å². The maximum absolute atomic E-state index is 13.5. The standard InChI is InChI=1S/C10H11BF4O3/c1-5(2)6-3-7(11(16)17)9(8(12)4-6)18-10(13,14)15/h3-5,16-17H,1-2H3. The first-order chi connectivity index (χ1) is 8.11. The van der Waals surface area contributed by atoms with Gasteiger partial charge in [-0.25, -0.2) is 4.39 Å². The highest BCUT2D eigenvalue weighted by atomic mass is 19.4. The van der Waals surface area contributed by atoms with E-state index in [1.807, 2.05) is 0 Å². The van der Waals surface area contributed by atoms with Crippen molar-refractivity contribution in [3.05, 3.63) is 23.5 Å². The lowest BCUT2D eigenvalue weighted by atomic mass is 9.77. The molecule has 1 rings (SSSR count). The second-order valence-corrected chi connectivity index (χ2v) is 4.00. The highest BCUT2D eigenvalue weighted by Crippen LogP contribution is 2.27. The van der Waals surface area contributed by atoms with Crippen molar-refractivity contribution in [1.29, 1.82) is 0 Å². The Morgan fingerprint density at radius 2 is 1.78 bits per heavy atom. The van der Waals surface area contributed by atoms with E-state index in [4.69, 9.17) is 10.0 Å². The largest absolute Gasteiger partial charge is 0.573 e. The zero-order chi connectivity index (χ0) is 14.1. The van der Waals surface area contributed by atoms with Gasteiger partial charge in [-0.15, -0.1) is 13.2 Å². The smallest absolute Gasteiger partial charge is 0.423 e. The van der Waals surface area contributed by atoms with Gasteiger partial charge in [0.05, 0.1) is 0 Å². The fourth-order valence-electron chi connectivity index (χ4n) is 1.39. The molecule has 0 unspecified atom stereocenters. The minimum Gasteiger partial charge on any atom is -0.423 e. The number of hydrogen-bond donors (Lipinski definition) is 2. The number of halogens is 4. The maximum atomic E-state index is 13.5. The highest BCUT2D eigenvalue weighted by Gasteiger charge is 2.35. The highest BCUT2D eigenvalue weighted by molar-refractivity contribution is 6.59. The third-order valence-electron chi connectivity index (χ3n) is 2.26. The van der Waals surface area contributed by atoms with E-state index in [0.29, 0.717) is 5.56 Å². The molecule has 0 radical (unpaired) electrons. The first kappa shape index (κ1) is 14.8. The molecule has 100 valence electrons. The van der Waals surface area contributed by atoms with Crippen molar-refractivity contribution in [3.8, 4) is 5.75 Å². The molecule has 0 atom stereocenters. The van der Waals surface area contributed by atoms with Crippen LogP contribution in [0.5, 0.6) is 5.75 Å². The maximum Gasteiger partial charge on any atom is 0.573 e. The van der Waals surface area contributed by atoms with Crippen LogP contribution in [0.4, 0.5) is 17.6 Å². The van der Waals surface area contributed by atoms with Gasteiger partial charge in [0.25, 0.3) is 0 Å². The summed E-state index contributed by atoms with van der Waals surface area (Å²) in [5.74, 6) is -2.69. The van der Waals surface area contributed by atoms with Crippen LogP contribution in [-0.2, 0) is 0 Å². The van der Waals surface area contributed by atoms with Crippen LogP contribution in [0, 0.1) is 5.82 Å². The van der Waals surface area contributed by atoms with Crippen LogP contribution in [0.25, 0.3) is 0 Å². The molecule has 0 aliphatic carbocycles. The van der Waals surface area contributed by atoms with Crippen molar-refractivity contribution < 1.29 is 32.3 Å². The summed E-state index contributed by atoms with van der Waals surface area (Å²) in [6.07, 6.45) is -5.11. The van der Waals surface area contributed by atoms with E-state index in [9.17, 15) is 17.6 Å². The van der Waals surface area contributed by atoms with Gasteiger partial charge in [0.15, 0.2) is 11.6 Å². The number of hydrogen-bond acceptors (Lipinski definition) is 3. The van der Waals surface area contributed by atoms with Crippen molar-refractivity contribution in [2.45, 2.75) is 26.1 Å². The van der Waals surface area contributed by atoms with Gasteiger partial charge in [0.1, 0.15) is 0 Å². The third-order valence-corrected chi connectivity index (χ3v) is 2.26. The topological polar surface area (TPSA) is 49.7 Å². The molecule has 0 aromatic heterocycles. The molecule has 0 saturated carbocycles. The van der Waals surface area contributed by atoms with Crippen LogP contribution in [0.3, 0.4) is 0 Å². The van der Waals surface area contributed by atoms with Crippen LogP contribution in [0.1, 0.15) is 25.3 Å². The van der Waals surface area contributed by atoms with Crippen molar-refractivity contribution in [1.82, 2.24) is 0 Å². The second-order valence-electron chi connectivity index (χ2n) is 4.00. The lowest BCUT2D eigenvalue weighted by Gasteiger charge is -2.16. The van der Waals surface area contributed by atoms with Crippen LogP contribution in [-0.4, -0.2) is 23.5 Å². The van der Waals surface area contributed by atoms with E-state index in [0.717, 1.165) is 12.1 Å². The Labute approximate surface area is 101 Å². The van der Waals surface area contributed by atoms with Gasteiger partial charge in [0, 0.05) is 5.46 Å². The van der Waals surface area contributed by atoms with Crippen LogP contribution < -0.4 is 10.2 Å². The molecule has 1 aromatic carbocycles. The Kier molecular flexibility index (Phi) is 4.23. The van der Waals surface area contributed by atoms with Crippen LogP contribution in [0.15, 0.2) is 12.1 Å². The summed E-state index contributed by atoms with van der Waals surface area (Å²) < 4.78 is 53.2. The Morgan fingerprint density at radius 1 is 1.22 bits per heavy atom. The van der Waals surface area contributed by atoms with Crippen molar-refractivity contribution in [2.24, 2.45) is 0 Å². The fourth-order valence-corrected chi connectivity index (χ4v) is 1.39. The molecule has 0 amide bonds. The molecule has 0 bridgehead atoms. The Bertz CT molecular complexity index is 432. The summed E-state index contributed by atoms with van der Waals surface area (Å²) in [5, 5.41) is 17.9. The minimum absolute atomic E-state index is 0.183. The molecule has 0 heterocycles. The Morgan fingerprint density at radius 3 is 2.17 bits per heavy atom. The molecular formula is C10H11BF4O3. The summed E-state index contributed by atoms with van der Waals surface area (Å²) >= 11 is 0. The predicted molar refractivity (Wildman–Crippen MR) is 57.0 cm³/mol. The molecule has 8 heteroatoms. The molecule has 0 spiro atoms. The summed E-state index contributed by atoms with van der Waals surface area (Å²) in [4.78, 5) is 0. The van der Waals surface area contributed by atoms with Gasteiger partial charge >= 0.3 is 13.5 Å². The molecule has 3 nitrogen and oxygen atoms in total. The molecular weight excluding hydrogens is 255 g/mol. The van der Waals surface area contributed by atoms with E-state index < -0.39 is 30.5 Å². The average Bonchev–Trinajstić information content (AvgIpc) is 2.18. The van der Waals surface area contributed by atoms with Gasteiger partial charge in [-0.2, -0.15) is 0 Å². The minimum atomic E-state index is -5.11. The molecule has 0 aliphatic heterocycles. The average molecular weight is 266 g/mol. The Balaban J connectivity index is 3.32. The lowest BCUT2D eigenvalue weighted by molar-refractivity contribution is -0.275. The van der Waals surface area contributed by atoms with Gasteiger partial charge in [-0.3, -0.25) is 0 Å². The van der Waals surface area contributed by atoms with E-state index >= 15 is 0 Å². The van der Waals surface area contributed by atoms with Gasteiger partial charge in [-0.1, -0.05) is 19.9 Å². The zero-order valence-corrected chi connectivity index (χ0v) is 9.62. The number of benzene rings is 1. The number of ether oxygens (including phenoxy) is 1. The number of rotatable bonds is 3. The molecule has 2 N–H and O–H groups in total. The quantitative estimate of drug-likeness (QED) is 0.644. The first-order valence-corrected chi connectivity index (χ1v) is 5.07. The Hall–Kier alpha value is -1.28. The lowest BCUT2D eigenvalue weighted by Crippen LogP contribution is -2.35. The van der Waals surface area contributed by atoms with E-state index in [1.165, 1.54) is 0 Å². The van der Waals surface area contributed by atoms with Crippen molar-refractivity contribution in [3.63, 3.8) is 0 Å². The zero-order valence-electron chi connectivity index (χ0n) is 9.62. The molecule has 1 aromatic rings. The van der Waals surface area contributed by atoms with Gasteiger partial charge in [-0.05, 0) is 17.5 Å². The SMILES string of the molecule is CC(C)c1cc(F)c(OC(F)(F)F)c(B(O)O)c1. The predicted octanol–water partition coefficient (Wildman–Crippen LogP) is 1.53. The summed E-state index contributed by atoms with van der Waals surface area (Å²) in [7, 11) is -2.25. The first-order valence-electron chi connectivity index (χ1n) is 5.07. The molecule has 0 aliphatic rings. The number of alkyl halides is 3. The van der Waals surface area contributed by atoms with Crippen molar-refractivity contribution in [2.75, 3.05) is 0 Å². The molecule has 0 saturated heterocycles. The molecule has 0 fully saturated rings. The second kappa shape index (κ2) is 5.15. The third kappa shape index (κ3) is 3.61. The van der Waals surface area contributed by atoms with E-state index in [-0.39, 0.29) is 5.92 Å². The fraction of sp³-hybridized carbons (Fsp3) is 0.400. The van der Waals surface area contributed by atoms with Gasteiger partial charge in [0.2, 0.25) is 0 Å². The van der Waals surface area contributed by atoms with E-state index in [1.54, 1.807) is 13.8 Å². The summed E-state index contributed by atoms with van der Waals surface area (Å²) in [6.45, 7) is 3.37.